The van der Waals surface area contributed by atoms with Gasteiger partial charge in [-0.15, -0.1) is 11.3 Å². The number of aromatic nitrogens is 4. The third-order valence-corrected chi connectivity index (χ3v) is 6.27. The second-order valence-corrected chi connectivity index (χ2v) is 8.01. The van der Waals surface area contributed by atoms with Gasteiger partial charge in [-0.05, 0) is 29.2 Å². The van der Waals surface area contributed by atoms with E-state index in [-0.39, 0.29) is 6.04 Å². The van der Waals surface area contributed by atoms with Crippen LogP contribution < -0.4 is 0 Å². The first-order valence-corrected chi connectivity index (χ1v) is 10.4. The van der Waals surface area contributed by atoms with Gasteiger partial charge in [0, 0.05) is 6.42 Å². The predicted octanol–water partition coefficient (Wildman–Crippen LogP) is 5.50. The van der Waals surface area contributed by atoms with Crippen LogP contribution in [0, 0.1) is 5.92 Å². The summed E-state index contributed by atoms with van der Waals surface area (Å²) in [5.74, 6) is 0.543. The summed E-state index contributed by atoms with van der Waals surface area (Å²) in [6, 6.07) is 17.5. The van der Waals surface area contributed by atoms with Gasteiger partial charge in [0.05, 0.1) is 21.3 Å². The molecule has 0 aliphatic rings. The van der Waals surface area contributed by atoms with E-state index in [4.69, 9.17) is 4.98 Å². The molecule has 0 spiro atoms. The lowest BCUT2D eigenvalue weighted by molar-refractivity contribution is 0.332. The molecule has 1 unspecified atom stereocenters. The van der Waals surface area contributed by atoms with Gasteiger partial charge < -0.3 is 0 Å². The Morgan fingerprint density at radius 2 is 1.78 bits per heavy atom. The fourth-order valence-electron chi connectivity index (χ4n) is 3.74. The van der Waals surface area contributed by atoms with Gasteiger partial charge in [0.15, 0.2) is 0 Å². The third kappa shape index (κ3) is 3.78. The first-order chi connectivity index (χ1) is 13.3. The number of nitrogens with zero attached hydrogens (tertiary/aromatic N) is 4. The highest BCUT2D eigenvalue weighted by Crippen LogP contribution is 2.31. The number of rotatable bonds is 7. The first kappa shape index (κ1) is 17.9. The Morgan fingerprint density at radius 3 is 2.44 bits per heavy atom. The van der Waals surface area contributed by atoms with Crippen molar-refractivity contribution >= 4 is 21.6 Å². The van der Waals surface area contributed by atoms with E-state index >= 15 is 0 Å². The van der Waals surface area contributed by atoms with Crippen LogP contribution in [-0.4, -0.2) is 19.7 Å². The Kier molecular flexibility index (Phi) is 5.30. The van der Waals surface area contributed by atoms with Gasteiger partial charge >= 0.3 is 0 Å². The van der Waals surface area contributed by atoms with E-state index in [1.165, 1.54) is 15.8 Å². The number of hydrogen-bond donors (Lipinski definition) is 0. The average Bonchev–Trinajstić information content (AvgIpc) is 3.36. The van der Waals surface area contributed by atoms with Crippen molar-refractivity contribution in [3.63, 3.8) is 0 Å². The Balaban J connectivity index is 1.58. The number of fused-ring (bicyclic) bond motifs is 1. The maximum Gasteiger partial charge on any atom is 0.137 e. The summed E-state index contributed by atoms with van der Waals surface area (Å²) in [5, 5.41) is 5.59. The van der Waals surface area contributed by atoms with Crippen molar-refractivity contribution in [1.29, 1.82) is 0 Å². The molecule has 0 amide bonds. The molecule has 4 nitrogen and oxygen atoms in total. The molecule has 0 aliphatic carbocycles. The Labute approximate surface area is 163 Å². The third-order valence-electron chi connectivity index (χ3n) is 5.23. The van der Waals surface area contributed by atoms with E-state index in [2.05, 4.69) is 66.4 Å². The molecule has 0 aliphatic heterocycles. The molecule has 2 heterocycles. The summed E-state index contributed by atoms with van der Waals surface area (Å²) < 4.78 is 3.25. The van der Waals surface area contributed by atoms with Crippen LogP contribution in [0.15, 0.2) is 61.2 Å². The second kappa shape index (κ2) is 8.01. The highest BCUT2D eigenvalue weighted by atomic mass is 32.1. The van der Waals surface area contributed by atoms with E-state index in [1.807, 2.05) is 17.1 Å². The molecule has 1 atom stereocenters. The highest BCUT2D eigenvalue weighted by Gasteiger charge is 2.23. The molecule has 0 saturated heterocycles. The zero-order chi connectivity index (χ0) is 18.6. The van der Waals surface area contributed by atoms with Crippen molar-refractivity contribution in [3.05, 3.63) is 77.3 Å². The molecule has 138 valence electrons. The number of thiazole rings is 1. The molecule has 2 aromatic heterocycles. The summed E-state index contributed by atoms with van der Waals surface area (Å²) in [6.07, 6.45) is 6.57. The maximum atomic E-state index is 4.76. The molecular weight excluding hydrogens is 352 g/mol. The van der Waals surface area contributed by atoms with Crippen LogP contribution in [0.3, 0.4) is 0 Å². The van der Waals surface area contributed by atoms with E-state index in [1.54, 1.807) is 17.7 Å². The SMILES string of the molecule is CCC(CC)C(c1ccc(Cc2nc3ccccc3s2)cc1)n1cncn1. The summed E-state index contributed by atoms with van der Waals surface area (Å²) >= 11 is 1.78. The van der Waals surface area contributed by atoms with Gasteiger partial charge in [0.1, 0.15) is 12.7 Å². The molecule has 0 N–H and O–H groups in total. The summed E-state index contributed by atoms with van der Waals surface area (Å²) in [6.45, 7) is 4.50. The summed E-state index contributed by atoms with van der Waals surface area (Å²) in [7, 11) is 0. The first-order valence-electron chi connectivity index (χ1n) is 9.55. The Hall–Kier alpha value is -2.53. The van der Waals surface area contributed by atoms with Crippen LogP contribution in [0.1, 0.15) is 48.9 Å². The minimum atomic E-state index is 0.235. The molecule has 0 radical (unpaired) electrons. The minimum absolute atomic E-state index is 0.235. The molecule has 0 bridgehead atoms. The average molecular weight is 377 g/mol. The summed E-state index contributed by atoms with van der Waals surface area (Å²) in [4.78, 5) is 8.92. The van der Waals surface area contributed by atoms with Gasteiger partial charge in [-0.2, -0.15) is 5.10 Å². The van der Waals surface area contributed by atoms with Crippen molar-refractivity contribution in [1.82, 2.24) is 19.7 Å². The molecule has 4 rings (SSSR count). The zero-order valence-corrected chi connectivity index (χ0v) is 16.6. The second-order valence-electron chi connectivity index (χ2n) is 6.89. The fraction of sp³-hybridized carbons (Fsp3) is 0.318. The Bertz CT molecular complexity index is 952. The largest absolute Gasteiger partial charge is 0.245 e. The van der Waals surface area contributed by atoms with E-state index in [0.717, 1.165) is 29.8 Å². The van der Waals surface area contributed by atoms with Crippen LogP contribution in [-0.2, 0) is 6.42 Å². The fourth-order valence-corrected chi connectivity index (χ4v) is 4.74. The molecule has 4 aromatic rings. The summed E-state index contributed by atoms with van der Waals surface area (Å²) in [5.41, 5.74) is 3.68. The molecule has 0 fully saturated rings. The minimum Gasteiger partial charge on any atom is -0.245 e. The normalized spacial score (nSPS) is 12.7. The quantitative estimate of drug-likeness (QED) is 0.427. The van der Waals surface area contributed by atoms with Crippen molar-refractivity contribution in [2.45, 2.75) is 39.2 Å². The zero-order valence-electron chi connectivity index (χ0n) is 15.7. The van der Waals surface area contributed by atoms with Crippen LogP contribution in [0.4, 0.5) is 0 Å². The topological polar surface area (TPSA) is 43.6 Å². The van der Waals surface area contributed by atoms with Crippen LogP contribution in [0.2, 0.25) is 0 Å². The van der Waals surface area contributed by atoms with Crippen LogP contribution in [0.25, 0.3) is 10.2 Å². The lowest BCUT2D eigenvalue weighted by atomic mass is 9.88. The smallest absolute Gasteiger partial charge is 0.137 e. The van der Waals surface area contributed by atoms with Gasteiger partial charge in [0.2, 0.25) is 0 Å². The highest BCUT2D eigenvalue weighted by molar-refractivity contribution is 7.18. The van der Waals surface area contributed by atoms with Crippen molar-refractivity contribution in [2.24, 2.45) is 5.92 Å². The van der Waals surface area contributed by atoms with Gasteiger partial charge in [-0.1, -0.05) is 63.1 Å². The molecule has 5 heteroatoms. The molecule has 0 saturated carbocycles. The van der Waals surface area contributed by atoms with Crippen LogP contribution in [0.5, 0.6) is 0 Å². The lowest BCUT2D eigenvalue weighted by Gasteiger charge is -2.26. The van der Waals surface area contributed by atoms with Gasteiger partial charge in [-0.3, -0.25) is 0 Å². The number of benzene rings is 2. The standard InChI is InChI=1S/C22H24N4S/c1-3-17(4-2)22(26-15-23-14-24-26)18-11-9-16(10-12-18)13-21-25-19-7-5-6-8-20(19)27-21/h5-12,14-15,17,22H,3-4,13H2,1-2H3. The van der Waals surface area contributed by atoms with E-state index in [0.29, 0.717) is 5.92 Å². The van der Waals surface area contributed by atoms with Crippen molar-refractivity contribution in [3.8, 4) is 0 Å². The van der Waals surface area contributed by atoms with Gasteiger partial charge in [0.25, 0.3) is 0 Å². The monoisotopic (exact) mass is 376 g/mol. The van der Waals surface area contributed by atoms with Crippen molar-refractivity contribution in [2.75, 3.05) is 0 Å². The Morgan fingerprint density at radius 1 is 1.00 bits per heavy atom. The number of hydrogen-bond acceptors (Lipinski definition) is 4. The maximum absolute atomic E-state index is 4.76. The lowest BCUT2D eigenvalue weighted by Crippen LogP contribution is -2.20. The number of para-hydroxylation sites is 1. The predicted molar refractivity (Wildman–Crippen MR) is 111 cm³/mol. The molecule has 2 aromatic carbocycles. The van der Waals surface area contributed by atoms with E-state index < -0.39 is 0 Å². The van der Waals surface area contributed by atoms with E-state index in [9.17, 15) is 0 Å². The molecular formula is C22H24N4S. The molecule has 27 heavy (non-hydrogen) atoms. The van der Waals surface area contributed by atoms with Gasteiger partial charge in [-0.25, -0.2) is 14.6 Å². The van der Waals surface area contributed by atoms with Crippen LogP contribution >= 0.6 is 11.3 Å². The van der Waals surface area contributed by atoms with Crippen molar-refractivity contribution < 1.29 is 0 Å².